The number of ether oxygens (including phenoxy) is 2. The molecule has 9 heteroatoms. The van der Waals surface area contributed by atoms with Gasteiger partial charge in [-0.3, -0.25) is 9.78 Å². The minimum atomic E-state index is -0.600. The van der Waals surface area contributed by atoms with Gasteiger partial charge in [0.2, 0.25) is 0 Å². The number of aromatic nitrogens is 1. The summed E-state index contributed by atoms with van der Waals surface area (Å²) in [6.45, 7) is 10.2. The van der Waals surface area contributed by atoms with Crippen molar-refractivity contribution in [1.82, 2.24) is 10.3 Å². The van der Waals surface area contributed by atoms with E-state index in [2.05, 4.69) is 15.2 Å². The number of carbonyl (C=O) groups excluding carboxylic acids is 3. The van der Waals surface area contributed by atoms with E-state index in [0.29, 0.717) is 31.1 Å². The van der Waals surface area contributed by atoms with Crippen molar-refractivity contribution in [3.63, 3.8) is 0 Å². The first-order valence-corrected chi connectivity index (χ1v) is 13.1. The highest BCUT2D eigenvalue weighted by molar-refractivity contribution is 5.78. The summed E-state index contributed by atoms with van der Waals surface area (Å²) in [5.74, 6) is 0.473. The molecule has 198 valence electrons. The molecule has 0 radical (unpaired) electrons. The van der Waals surface area contributed by atoms with E-state index in [-0.39, 0.29) is 35.6 Å². The van der Waals surface area contributed by atoms with Crippen LogP contribution in [0.15, 0.2) is 6.20 Å². The molecule has 2 unspecified atom stereocenters. The Morgan fingerprint density at radius 3 is 2.50 bits per heavy atom. The number of Topliss-reactive ketones (excluding diaryl/α,β-unsaturated/α-hetero) is 1. The van der Waals surface area contributed by atoms with Crippen LogP contribution >= 0.6 is 0 Å². The minimum absolute atomic E-state index is 0.124. The largest absolute Gasteiger partial charge is 0.462 e. The van der Waals surface area contributed by atoms with E-state index in [0.717, 1.165) is 49.2 Å². The number of nitrogens with one attached hydrogen (secondary N) is 1. The molecule has 1 aromatic rings. The van der Waals surface area contributed by atoms with Crippen LogP contribution in [0.2, 0.25) is 0 Å². The van der Waals surface area contributed by atoms with E-state index in [4.69, 9.17) is 15.2 Å². The summed E-state index contributed by atoms with van der Waals surface area (Å²) in [7, 11) is 0. The molecule has 2 fully saturated rings. The zero-order valence-corrected chi connectivity index (χ0v) is 22.1. The predicted octanol–water partition coefficient (Wildman–Crippen LogP) is 3.59. The quantitative estimate of drug-likeness (QED) is 0.545. The van der Waals surface area contributed by atoms with Crippen LogP contribution in [0.3, 0.4) is 0 Å². The number of ketones is 1. The SMILES string of the molecule is CC(=O)CC1CCc2c1ncc(N)c2N1CC(CNC(=O)OC(C)(C)C)[C@H](OC(C)=O)[C@@H](C2CC2)C1. The molecule has 1 amide bonds. The molecule has 4 atom stereocenters. The van der Waals surface area contributed by atoms with Crippen molar-refractivity contribution < 1.29 is 23.9 Å². The third kappa shape index (κ3) is 6.10. The number of hydrogen-bond donors (Lipinski definition) is 2. The maximum Gasteiger partial charge on any atom is 0.407 e. The molecule has 36 heavy (non-hydrogen) atoms. The Kier molecular flexibility index (Phi) is 7.48. The van der Waals surface area contributed by atoms with Crippen LogP contribution in [0.5, 0.6) is 0 Å². The summed E-state index contributed by atoms with van der Waals surface area (Å²) in [5, 5.41) is 2.90. The van der Waals surface area contributed by atoms with E-state index in [9.17, 15) is 14.4 Å². The molecule has 1 saturated heterocycles. The number of esters is 1. The number of nitrogen functional groups attached to an aromatic ring is 1. The van der Waals surface area contributed by atoms with Crippen LogP contribution in [0.25, 0.3) is 0 Å². The van der Waals surface area contributed by atoms with E-state index in [1.54, 1.807) is 13.1 Å². The fourth-order valence-corrected chi connectivity index (χ4v) is 5.92. The Labute approximate surface area is 213 Å². The number of pyridine rings is 1. The molecule has 1 aromatic heterocycles. The van der Waals surface area contributed by atoms with E-state index < -0.39 is 11.7 Å². The monoisotopic (exact) mass is 500 g/mol. The third-order valence-corrected chi connectivity index (χ3v) is 7.40. The van der Waals surface area contributed by atoms with Gasteiger partial charge >= 0.3 is 12.1 Å². The second-order valence-corrected chi connectivity index (χ2v) is 11.7. The van der Waals surface area contributed by atoms with Crippen LogP contribution in [0, 0.1) is 17.8 Å². The first-order chi connectivity index (χ1) is 16.9. The molecule has 0 aromatic carbocycles. The van der Waals surface area contributed by atoms with Crippen LogP contribution in [0.1, 0.15) is 77.5 Å². The summed E-state index contributed by atoms with van der Waals surface area (Å²) in [4.78, 5) is 43.2. The van der Waals surface area contributed by atoms with Gasteiger partial charge in [-0.1, -0.05) is 0 Å². The Morgan fingerprint density at radius 1 is 1.17 bits per heavy atom. The normalized spacial score (nSPS) is 25.8. The minimum Gasteiger partial charge on any atom is -0.462 e. The van der Waals surface area contributed by atoms with Crippen molar-refractivity contribution in [2.75, 3.05) is 30.3 Å². The lowest BCUT2D eigenvalue weighted by atomic mass is 9.82. The standard InChI is InChI=1S/C27H40N4O5/c1-15(32)10-18-8-9-20-23(18)29-12-22(28)24(20)31-13-19(11-30-26(34)36-27(3,4)5)25(35-16(2)33)21(14-31)17-6-7-17/h12,17-19,21,25H,6-11,13-14,28H2,1-5H3,(H,30,34)/t18?,19?,21-,25+/m1/s1. The van der Waals surface area contributed by atoms with Crippen molar-refractivity contribution in [2.24, 2.45) is 17.8 Å². The first-order valence-electron chi connectivity index (χ1n) is 13.1. The lowest BCUT2D eigenvalue weighted by Gasteiger charge is -2.45. The van der Waals surface area contributed by atoms with Crippen molar-refractivity contribution >= 4 is 29.2 Å². The number of carbonyl (C=O) groups is 3. The molecule has 9 nitrogen and oxygen atoms in total. The number of fused-ring (bicyclic) bond motifs is 1. The van der Waals surface area contributed by atoms with Gasteiger partial charge in [0.1, 0.15) is 17.5 Å². The summed E-state index contributed by atoms with van der Waals surface area (Å²) >= 11 is 0. The van der Waals surface area contributed by atoms with Crippen LogP contribution in [-0.4, -0.2) is 54.2 Å². The number of amides is 1. The Morgan fingerprint density at radius 2 is 1.89 bits per heavy atom. The number of rotatable bonds is 7. The number of hydrogen-bond acceptors (Lipinski definition) is 8. The predicted molar refractivity (Wildman–Crippen MR) is 137 cm³/mol. The lowest BCUT2D eigenvalue weighted by Crippen LogP contribution is -2.55. The third-order valence-electron chi connectivity index (χ3n) is 7.40. The summed E-state index contributed by atoms with van der Waals surface area (Å²) in [5.41, 5.74) is 9.62. The van der Waals surface area contributed by atoms with Gasteiger partial charge in [0.25, 0.3) is 0 Å². The Balaban J connectivity index is 1.62. The maximum absolute atomic E-state index is 12.4. The highest BCUT2D eigenvalue weighted by Gasteiger charge is 2.47. The van der Waals surface area contributed by atoms with E-state index in [1.165, 1.54) is 6.92 Å². The van der Waals surface area contributed by atoms with Gasteiger partial charge in [0, 0.05) is 56.4 Å². The van der Waals surface area contributed by atoms with Crippen LogP contribution in [0.4, 0.5) is 16.2 Å². The van der Waals surface area contributed by atoms with Gasteiger partial charge in [-0.05, 0) is 64.9 Å². The van der Waals surface area contributed by atoms with Crippen molar-refractivity contribution in [3.8, 4) is 0 Å². The Bertz CT molecular complexity index is 1020. The van der Waals surface area contributed by atoms with Gasteiger partial charge in [-0.15, -0.1) is 0 Å². The average molecular weight is 501 g/mol. The lowest BCUT2D eigenvalue weighted by molar-refractivity contribution is -0.154. The fourth-order valence-electron chi connectivity index (χ4n) is 5.92. The number of piperidine rings is 1. The smallest absolute Gasteiger partial charge is 0.407 e. The van der Waals surface area contributed by atoms with Gasteiger partial charge in [0.15, 0.2) is 0 Å². The van der Waals surface area contributed by atoms with Gasteiger partial charge in [0.05, 0.1) is 17.6 Å². The average Bonchev–Trinajstić information content (AvgIpc) is 3.53. The van der Waals surface area contributed by atoms with Crippen LogP contribution in [-0.2, 0) is 25.5 Å². The second-order valence-electron chi connectivity index (χ2n) is 11.7. The molecular weight excluding hydrogens is 460 g/mol. The van der Waals surface area contributed by atoms with Crippen LogP contribution < -0.4 is 16.0 Å². The topological polar surface area (TPSA) is 124 Å². The molecule has 1 aliphatic heterocycles. The number of nitrogens with two attached hydrogens (primary N) is 1. The molecule has 0 spiro atoms. The number of alkyl carbamates (subject to hydrolysis) is 1. The number of nitrogens with zero attached hydrogens (tertiary/aromatic N) is 2. The maximum atomic E-state index is 12.4. The molecule has 0 bridgehead atoms. The first kappa shape index (κ1) is 26.2. The van der Waals surface area contributed by atoms with Gasteiger partial charge in [-0.2, -0.15) is 0 Å². The summed E-state index contributed by atoms with van der Waals surface area (Å²) < 4.78 is 11.3. The molecule has 2 aliphatic carbocycles. The molecular formula is C27H40N4O5. The molecule has 2 heterocycles. The summed E-state index contributed by atoms with van der Waals surface area (Å²) in [6, 6.07) is 0. The molecule has 4 rings (SSSR count). The molecule has 3 aliphatic rings. The highest BCUT2D eigenvalue weighted by Crippen LogP contribution is 2.47. The Hall–Kier alpha value is -2.84. The van der Waals surface area contributed by atoms with Crippen molar-refractivity contribution in [3.05, 3.63) is 17.5 Å². The molecule has 3 N–H and O–H groups in total. The van der Waals surface area contributed by atoms with Crippen molar-refractivity contribution in [2.45, 2.75) is 84.3 Å². The summed E-state index contributed by atoms with van der Waals surface area (Å²) in [6.07, 6.45) is 5.36. The highest BCUT2D eigenvalue weighted by atomic mass is 16.6. The van der Waals surface area contributed by atoms with E-state index in [1.807, 2.05) is 20.8 Å². The van der Waals surface area contributed by atoms with E-state index >= 15 is 0 Å². The zero-order valence-electron chi connectivity index (χ0n) is 22.1. The zero-order chi connectivity index (χ0) is 26.2. The van der Waals surface area contributed by atoms with Gasteiger partial charge in [-0.25, -0.2) is 4.79 Å². The van der Waals surface area contributed by atoms with Crippen molar-refractivity contribution in [1.29, 1.82) is 0 Å². The molecule has 1 saturated carbocycles. The van der Waals surface area contributed by atoms with Gasteiger partial charge < -0.3 is 30.2 Å². The second kappa shape index (κ2) is 10.3. The fraction of sp³-hybridized carbons (Fsp3) is 0.704. The number of anilines is 2.